The van der Waals surface area contributed by atoms with Crippen molar-refractivity contribution in [1.29, 1.82) is 0 Å². The summed E-state index contributed by atoms with van der Waals surface area (Å²) in [4.78, 5) is 65.1. The minimum absolute atomic E-state index is 0.0918. The number of carboxylic acid groups (broad SMARTS) is 1. The highest BCUT2D eigenvalue weighted by Gasteiger charge is 2.40. The average Bonchev–Trinajstić information content (AvgIpc) is 4.17. The predicted octanol–water partition coefficient (Wildman–Crippen LogP) is 7.41. The number of carbonyl (C=O) groups is 4. The standard InChI is InChI=1S/C26H34N6O5S.C13H13N5O2S.C13H23NO4/c1-6-17-13-18(28-25(34)37-26(3,4)5)14-20(17)24(33)31-30-22-15-27-23-21(29-22)11-12-32(23)38(35,36)19-9-7-16(2)8-10-19;1-9-2-4-10(5-3-9)21(19,20)18-7-6-11-13(18)15-8-12(16-11)17-14;1-5-8-6-9(7-10(8)11(15)16)14-12(17)18-13(2,3)4/h7-12,15,17-18,20H,6,13-14H2,1-5H3,(H,28,34)(H,29,30)(H,31,33);2-8H,14H2,1H3,(H,16,17);8-10H,5-7H2,1-4H3,(H,14,17)(H,15,16). The molecule has 0 aliphatic heterocycles. The zero-order chi connectivity index (χ0) is 56.6. The molecular formula is C52H70N12O11S2. The first-order valence-corrected chi connectivity index (χ1v) is 28.1. The van der Waals surface area contributed by atoms with Crippen molar-refractivity contribution >= 4 is 78.1 Å². The third-order valence-corrected chi connectivity index (χ3v) is 16.2. The van der Waals surface area contributed by atoms with Crippen molar-refractivity contribution in [2.24, 2.45) is 29.5 Å². The number of rotatable bonds is 13. The summed E-state index contributed by atoms with van der Waals surface area (Å²) < 4.78 is 64.1. The van der Waals surface area contributed by atoms with Crippen LogP contribution in [0.3, 0.4) is 0 Å². The number of aryl methyl sites for hydroxylation is 2. The highest BCUT2D eigenvalue weighted by Crippen LogP contribution is 2.36. The van der Waals surface area contributed by atoms with Gasteiger partial charge >= 0.3 is 18.2 Å². The van der Waals surface area contributed by atoms with E-state index in [1.807, 2.05) is 27.7 Å². The molecule has 3 amide bonds. The van der Waals surface area contributed by atoms with Crippen molar-refractivity contribution < 1.29 is 50.6 Å². The molecule has 0 saturated heterocycles. The number of hydrogen-bond acceptors (Lipinski definition) is 17. The van der Waals surface area contributed by atoms with Crippen LogP contribution in [0.5, 0.6) is 0 Å². The lowest BCUT2D eigenvalue weighted by Crippen LogP contribution is -2.39. The van der Waals surface area contributed by atoms with Gasteiger partial charge in [0.1, 0.15) is 22.2 Å². The molecule has 25 heteroatoms. The summed E-state index contributed by atoms with van der Waals surface area (Å²) in [5.41, 5.74) is 9.91. The van der Waals surface area contributed by atoms with Crippen molar-refractivity contribution in [2.45, 2.75) is 141 Å². The summed E-state index contributed by atoms with van der Waals surface area (Å²) in [5, 5.41) is 14.7. The zero-order valence-electron chi connectivity index (χ0n) is 44.9. The van der Waals surface area contributed by atoms with E-state index < -0.39 is 49.4 Å². The summed E-state index contributed by atoms with van der Waals surface area (Å²) in [7, 11) is -7.53. The Hall–Kier alpha value is -7.38. The van der Waals surface area contributed by atoms with Crippen LogP contribution in [-0.2, 0) is 39.1 Å². The van der Waals surface area contributed by atoms with E-state index in [4.69, 9.17) is 20.4 Å². The van der Waals surface area contributed by atoms with E-state index in [9.17, 15) is 36.0 Å². The number of alkyl carbamates (subject to hydrolysis) is 2. The molecule has 6 atom stereocenters. The van der Waals surface area contributed by atoms with Crippen LogP contribution in [0.15, 0.2) is 95.2 Å². The SMILES string of the molecule is CCC1CC(NC(=O)OC(C)(C)C)CC1C(=O)NNc1cnc2c(ccn2S(=O)(=O)c2ccc(C)cc2)n1.CCC1CC(NC(=O)OC(C)(C)C)CC1C(=O)O.Cc1ccc(S(=O)(=O)n2ccc3nc(NN)cnc32)cc1. The van der Waals surface area contributed by atoms with Gasteiger partial charge in [0.15, 0.2) is 22.9 Å². The molecule has 2 saturated carbocycles. The Labute approximate surface area is 448 Å². The maximum atomic E-state index is 13.1. The first-order chi connectivity index (χ1) is 36.1. The first-order valence-electron chi connectivity index (χ1n) is 25.2. The second kappa shape index (κ2) is 24.3. The molecule has 77 heavy (non-hydrogen) atoms. The monoisotopic (exact) mass is 1100 g/mol. The number of anilines is 2. The summed E-state index contributed by atoms with van der Waals surface area (Å²) in [6.45, 7) is 18.6. The van der Waals surface area contributed by atoms with Crippen LogP contribution >= 0.6 is 0 Å². The zero-order valence-corrected chi connectivity index (χ0v) is 46.5. The van der Waals surface area contributed by atoms with Crippen molar-refractivity contribution in [3.63, 3.8) is 0 Å². The highest BCUT2D eigenvalue weighted by molar-refractivity contribution is 7.90. The molecule has 4 heterocycles. The second-order valence-electron chi connectivity index (χ2n) is 21.1. The van der Waals surface area contributed by atoms with Crippen LogP contribution in [0.25, 0.3) is 22.3 Å². The Kier molecular flexibility index (Phi) is 18.6. The van der Waals surface area contributed by atoms with Gasteiger partial charge in [0.25, 0.3) is 20.0 Å². The Balaban J connectivity index is 0.000000207. The molecule has 2 fully saturated rings. The molecule has 0 radical (unpaired) electrons. The number of hydrazine groups is 2. The molecule has 4 aromatic heterocycles. The number of nitrogens with one attached hydrogen (secondary N) is 5. The van der Waals surface area contributed by atoms with E-state index >= 15 is 0 Å². The molecule has 2 aliphatic carbocycles. The lowest BCUT2D eigenvalue weighted by molar-refractivity contribution is -0.143. The molecule has 2 aliphatic rings. The Morgan fingerprint density at radius 1 is 0.636 bits per heavy atom. The molecule has 8 rings (SSSR count). The number of nitrogens with zero attached hydrogens (tertiary/aromatic N) is 6. The third kappa shape index (κ3) is 15.2. The number of nitrogens with two attached hydrogens (primary N) is 1. The molecular weight excluding hydrogens is 1030 g/mol. The summed E-state index contributed by atoms with van der Waals surface area (Å²) in [6.07, 6.45) is 8.63. The van der Waals surface area contributed by atoms with Gasteiger partial charge in [-0.2, -0.15) is 0 Å². The van der Waals surface area contributed by atoms with E-state index in [1.54, 1.807) is 102 Å². The highest BCUT2D eigenvalue weighted by atomic mass is 32.2. The first kappa shape index (κ1) is 58.9. The van der Waals surface area contributed by atoms with Gasteiger partial charge in [-0.05, 0) is 129 Å². The van der Waals surface area contributed by atoms with Gasteiger partial charge in [-0.25, -0.2) is 60.1 Å². The minimum atomic E-state index is -3.84. The Bertz CT molecular complexity index is 3280. The number of nitrogen functional groups attached to an aromatic ring is 1. The van der Waals surface area contributed by atoms with Gasteiger partial charge in [0.2, 0.25) is 5.91 Å². The quantitative estimate of drug-likeness (QED) is 0.0437. The molecule has 416 valence electrons. The number of benzene rings is 2. The van der Waals surface area contributed by atoms with Crippen LogP contribution in [0.2, 0.25) is 0 Å². The van der Waals surface area contributed by atoms with Gasteiger partial charge in [-0.15, -0.1) is 0 Å². The van der Waals surface area contributed by atoms with Crippen LogP contribution in [0, 0.1) is 37.5 Å². The molecule has 2 aromatic carbocycles. The number of carboxylic acids is 1. The molecule has 0 spiro atoms. The van der Waals surface area contributed by atoms with Gasteiger partial charge in [0.05, 0.1) is 28.1 Å². The number of hydrogen-bond donors (Lipinski definition) is 7. The maximum Gasteiger partial charge on any atom is 0.407 e. The van der Waals surface area contributed by atoms with E-state index in [-0.39, 0.29) is 68.6 Å². The smallest absolute Gasteiger partial charge is 0.407 e. The second-order valence-corrected chi connectivity index (χ2v) is 24.7. The van der Waals surface area contributed by atoms with E-state index in [0.717, 1.165) is 31.9 Å². The predicted molar refractivity (Wildman–Crippen MR) is 289 cm³/mol. The maximum absolute atomic E-state index is 13.1. The molecule has 23 nitrogen and oxygen atoms in total. The van der Waals surface area contributed by atoms with Crippen molar-refractivity contribution in [1.82, 2.24) is 43.9 Å². The number of fused-ring (bicyclic) bond motifs is 2. The largest absolute Gasteiger partial charge is 0.481 e. The minimum Gasteiger partial charge on any atom is -0.481 e. The summed E-state index contributed by atoms with van der Waals surface area (Å²) >= 11 is 0. The summed E-state index contributed by atoms with van der Waals surface area (Å²) in [6, 6.07) is 16.1. The lowest BCUT2D eigenvalue weighted by atomic mass is 9.93. The van der Waals surface area contributed by atoms with Crippen LogP contribution in [0.1, 0.15) is 105 Å². The number of carbonyl (C=O) groups excluding carboxylic acids is 3. The van der Waals surface area contributed by atoms with Crippen LogP contribution in [-0.4, -0.2) is 97.2 Å². The lowest BCUT2D eigenvalue weighted by Gasteiger charge is -2.21. The van der Waals surface area contributed by atoms with Gasteiger partial charge < -0.3 is 30.6 Å². The van der Waals surface area contributed by atoms with Crippen LogP contribution < -0.4 is 32.8 Å². The number of aromatic nitrogens is 6. The average molecular weight is 1100 g/mol. The number of amides is 3. The summed E-state index contributed by atoms with van der Waals surface area (Å²) in [5.74, 6) is 4.51. The topological polar surface area (TPSA) is 323 Å². The number of aliphatic carboxylic acids is 1. The Morgan fingerprint density at radius 2 is 1.04 bits per heavy atom. The Morgan fingerprint density at radius 3 is 1.43 bits per heavy atom. The van der Waals surface area contributed by atoms with E-state index in [0.29, 0.717) is 42.5 Å². The van der Waals surface area contributed by atoms with Crippen LogP contribution in [0.4, 0.5) is 21.2 Å². The van der Waals surface area contributed by atoms with Gasteiger partial charge in [0, 0.05) is 30.4 Å². The van der Waals surface area contributed by atoms with E-state index in [1.165, 1.54) is 24.8 Å². The van der Waals surface area contributed by atoms with Crippen molar-refractivity contribution in [3.8, 4) is 0 Å². The van der Waals surface area contributed by atoms with Gasteiger partial charge in [-0.3, -0.25) is 20.4 Å². The fraction of sp³-hybridized carbons (Fsp3) is 0.462. The van der Waals surface area contributed by atoms with Crippen molar-refractivity contribution in [2.75, 3.05) is 10.9 Å². The van der Waals surface area contributed by atoms with Gasteiger partial charge in [-0.1, -0.05) is 62.1 Å². The third-order valence-electron chi connectivity index (χ3n) is 12.9. The molecule has 8 N–H and O–H groups in total. The molecule has 6 unspecified atom stereocenters. The molecule has 0 bridgehead atoms. The fourth-order valence-electron chi connectivity index (χ4n) is 9.12. The van der Waals surface area contributed by atoms with Crippen molar-refractivity contribution in [3.05, 3.63) is 96.6 Å². The van der Waals surface area contributed by atoms with E-state index in [2.05, 4.69) is 46.8 Å². The normalized spacial score (nSPS) is 19.5. The molecule has 6 aromatic rings. The fourth-order valence-corrected chi connectivity index (χ4v) is 11.7. The number of ether oxygens (including phenoxy) is 2.